The van der Waals surface area contributed by atoms with Crippen LogP contribution in [-0.2, 0) is 16.0 Å². The highest BCUT2D eigenvalue weighted by Crippen LogP contribution is 2.10. The van der Waals surface area contributed by atoms with E-state index in [4.69, 9.17) is 5.73 Å². The van der Waals surface area contributed by atoms with Crippen LogP contribution in [0.15, 0.2) is 12.5 Å². The predicted octanol–water partition coefficient (Wildman–Crippen LogP) is 2.38. The van der Waals surface area contributed by atoms with Crippen LogP contribution < -0.4 is 11.1 Å². The van der Waals surface area contributed by atoms with Crippen LogP contribution in [0.3, 0.4) is 0 Å². The number of amides is 1. The van der Waals surface area contributed by atoms with Crippen molar-refractivity contribution in [2.75, 3.05) is 6.54 Å². The Bertz CT molecular complexity index is 477. The molecule has 1 aromatic rings. The second kappa shape index (κ2) is 13.4. The molecule has 1 amide bonds. The Morgan fingerprint density at radius 1 is 1.08 bits per heavy atom. The van der Waals surface area contributed by atoms with E-state index in [9.17, 15) is 14.7 Å². The third kappa shape index (κ3) is 10.6. The number of unbranched alkanes of at least 4 members (excludes halogenated alkanes) is 8. The number of carboxylic acid groups (broad SMARTS) is 1. The van der Waals surface area contributed by atoms with Gasteiger partial charge >= 0.3 is 5.97 Å². The molecule has 0 bridgehead atoms. The molecule has 0 aliphatic rings. The fourth-order valence-corrected chi connectivity index (χ4v) is 2.75. The van der Waals surface area contributed by atoms with E-state index in [2.05, 4.69) is 15.3 Å². The Hall–Kier alpha value is -1.89. The van der Waals surface area contributed by atoms with Crippen molar-refractivity contribution in [3.05, 3.63) is 18.2 Å². The van der Waals surface area contributed by atoms with E-state index in [1.807, 2.05) is 0 Å². The van der Waals surface area contributed by atoms with Gasteiger partial charge < -0.3 is 21.1 Å². The summed E-state index contributed by atoms with van der Waals surface area (Å²) in [5.74, 6) is -1.24. The fourth-order valence-electron chi connectivity index (χ4n) is 2.75. The van der Waals surface area contributed by atoms with Gasteiger partial charge in [-0.05, 0) is 19.4 Å². The van der Waals surface area contributed by atoms with Crippen molar-refractivity contribution >= 4 is 11.9 Å². The van der Waals surface area contributed by atoms with Gasteiger partial charge in [0.2, 0.25) is 5.91 Å². The molecule has 5 N–H and O–H groups in total. The van der Waals surface area contributed by atoms with Crippen LogP contribution >= 0.6 is 0 Å². The monoisotopic (exact) mass is 352 g/mol. The van der Waals surface area contributed by atoms with Crippen molar-refractivity contribution in [3.63, 3.8) is 0 Å². The zero-order chi connectivity index (χ0) is 18.3. The van der Waals surface area contributed by atoms with Gasteiger partial charge in [-0.15, -0.1) is 0 Å². The van der Waals surface area contributed by atoms with Gasteiger partial charge in [0.1, 0.15) is 6.04 Å². The van der Waals surface area contributed by atoms with E-state index in [0.717, 1.165) is 32.2 Å². The summed E-state index contributed by atoms with van der Waals surface area (Å²) in [6.45, 7) is 0.784. The molecule has 0 unspecified atom stereocenters. The van der Waals surface area contributed by atoms with Gasteiger partial charge in [0, 0.05) is 19.0 Å². The molecule has 1 aromatic heterocycles. The van der Waals surface area contributed by atoms with Gasteiger partial charge in [0.25, 0.3) is 0 Å². The van der Waals surface area contributed by atoms with Crippen molar-refractivity contribution in [1.82, 2.24) is 15.3 Å². The lowest BCUT2D eigenvalue weighted by Crippen LogP contribution is -2.42. The Labute approximate surface area is 149 Å². The third-order valence-corrected chi connectivity index (χ3v) is 4.21. The minimum Gasteiger partial charge on any atom is -0.480 e. The maximum Gasteiger partial charge on any atom is 0.326 e. The quantitative estimate of drug-likeness (QED) is 0.361. The van der Waals surface area contributed by atoms with E-state index in [1.54, 1.807) is 6.20 Å². The molecule has 7 nitrogen and oxygen atoms in total. The first-order valence-corrected chi connectivity index (χ1v) is 9.33. The molecule has 1 rings (SSSR count). The molecule has 0 aliphatic heterocycles. The molecule has 142 valence electrons. The van der Waals surface area contributed by atoms with Crippen molar-refractivity contribution in [3.8, 4) is 0 Å². The number of aliphatic carboxylic acids is 1. The van der Waals surface area contributed by atoms with Crippen molar-refractivity contribution in [2.45, 2.75) is 76.7 Å². The first-order chi connectivity index (χ1) is 12.1. The summed E-state index contributed by atoms with van der Waals surface area (Å²) in [6, 6.07) is -0.927. The van der Waals surface area contributed by atoms with Crippen LogP contribution in [0.5, 0.6) is 0 Å². The summed E-state index contributed by atoms with van der Waals surface area (Å²) in [4.78, 5) is 29.9. The molecule has 0 fully saturated rings. The number of H-pyrrole nitrogens is 1. The molecule has 0 saturated heterocycles. The average molecular weight is 352 g/mol. The molecule has 0 spiro atoms. The number of carbonyl (C=O) groups is 2. The van der Waals surface area contributed by atoms with Gasteiger partial charge in [-0.3, -0.25) is 4.79 Å². The van der Waals surface area contributed by atoms with E-state index in [-0.39, 0.29) is 12.3 Å². The summed E-state index contributed by atoms with van der Waals surface area (Å²) in [7, 11) is 0. The highest BCUT2D eigenvalue weighted by atomic mass is 16.4. The number of nitrogens with one attached hydrogen (secondary N) is 2. The summed E-state index contributed by atoms with van der Waals surface area (Å²) in [5, 5.41) is 11.8. The number of imidazole rings is 1. The van der Waals surface area contributed by atoms with Gasteiger partial charge in [-0.1, -0.05) is 44.9 Å². The van der Waals surface area contributed by atoms with Crippen molar-refractivity contribution in [2.24, 2.45) is 5.73 Å². The average Bonchev–Trinajstić information content (AvgIpc) is 3.09. The third-order valence-electron chi connectivity index (χ3n) is 4.21. The molecular weight excluding hydrogens is 320 g/mol. The van der Waals surface area contributed by atoms with Crippen LogP contribution in [0, 0.1) is 0 Å². The lowest BCUT2D eigenvalue weighted by Gasteiger charge is -2.13. The molecule has 0 radical (unpaired) electrons. The maximum absolute atomic E-state index is 11.9. The Morgan fingerprint density at radius 2 is 1.68 bits per heavy atom. The highest BCUT2D eigenvalue weighted by molar-refractivity contribution is 5.83. The standard InChI is InChI=1S/C18H32N4O3/c19-11-9-7-5-3-1-2-4-6-8-10-17(23)22-16(18(24)25)12-15-13-20-14-21-15/h13-14,16H,1-12,19H2,(H,20,21)(H,22,23)(H,24,25)/t16-/m0/s1. The number of carboxylic acids is 1. The van der Waals surface area contributed by atoms with Crippen LogP contribution in [-0.4, -0.2) is 39.5 Å². The molecular formula is C18H32N4O3. The number of carbonyl (C=O) groups excluding carboxylic acids is 1. The van der Waals surface area contributed by atoms with Crippen LogP contribution in [0.25, 0.3) is 0 Å². The zero-order valence-electron chi connectivity index (χ0n) is 15.0. The molecule has 0 aliphatic carbocycles. The number of aromatic nitrogens is 2. The number of rotatable bonds is 15. The van der Waals surface area contributed by atoms with Crippen molar-refractivity contribution in [1.29, 1.82) is 0 Å². The molecule has 7 heteroatoms. The predicted molar refractivity (Wildman–Crippen MR) is 97.1 cm³/mol. The minimum atomic E-state index is -1.04. The van der Waals surface area contributed by atoms with Crippen LogP contribution in [0.1, 0.15) is 69.9 Å². The maximum atomic E-state index is 11.9. The summed E-state index contributed by atoms with van der Waals surface area (Å²) >= 11 is 0. The van der Waals surface area contributed by atoms with E-state index >= 15 is 0 Å². The van der Waals surface area contributed by atoms with Gasteiger partial charge in [0.15, 0.2) is 0 Å². The summed E-state index contributed by atoms with van der Waals surface area (Å²) < 4.78 is 0. The topological polar surface area (TPSA) is 121 Å². The first kappa shape index (κ1) is 21.2. The first-order valence-electron chi connectivity index (χ1n) is 9.33. The second-order valence-corrected chi connectivity index (χ2v) is 6.44. The lowest BCUT2D eigenvalue weighted by atomic mass is 10.1. The number of aromatic amines is 1. The number of nitrogens with two attached hydrogens (primary N) is 1. The zero-order valence-corrected chi connectivity index (χ0v) is 15.0. The fraction of sp³-hybridized carbons (Fsp3) is 0.722. The summed E-state index contributed by atoms with van der Waals surface area (Å²) in [6.07, 6.45) is 13.9. The number of hydrogen-bond acceptors (Lipinski definition) is 4. The van der Waals surface area contributed by atoms with Gasteiger partial charge in [0.05, 0.1) is 12.0 Å². The smallest absolute Gasteiger partial charge is 0.326 e. The van der Waals surface area contributed by atoms with Crippen LogP contribution in [0.2, 0.25) is 0 Å². The largest absolute Gasteiger partial charge is 0.480 e. The van der Waals surface area contributed by atoms with E-state index in [1.165, 1.54) is 38.4 Å². The number of hydrogen-bond donors (Lipinski definition) is 4. The van der Waals surface area contributed by atoms with E-state index < -0.39 is 12.0 Å². The van der Waals surface area contributed by atoms with Gasteiger partial charge in [-0.25, -0.2) is 9.78 Å². The highest BCUT2D eigenvalue weighted by Gasteiger charge is 2.20. The second-order valence-electron chi connectivity index (χ2n) is 6.44. The lowest BCUT2D eigenvalue weighted by molar-refractivity contribution is -0.141. The number of nitrogens with zero attached hydrogens (tertiary/aromatic N) is 1. The van der Waals surface area contributed by atoms with Crippen molar-refractivity contribution < 1.29 is 14.7 Å². The summed E-state index contributed by atoms with van der Waals surface area (Å²) in [5.41, 5.74) is 6.08. The normalized spacial score (nSPS) is 12.0. The Morgan fingerprint density at radius 3 is 2.20 bits per heavy atom. The molecule has 25 heavy (non-hydrogen) atoms. The molecule has 0 saturated carbocycles. The molecule has 1 heterocycles. The minimum absolute atomic E-state index is 0.189. The van der Waals surface area contributed by atoms with Gasteiger partial charge in [-0.2, -0.15) is 0 Å². The van der Waals surface area contributed by atoms with E-state index in [0.29, 0.717) is 12.1 Å². The molecule has 1 atom stereocenters. The molecule has 0 aromatic carbocycles. The van der Waals surface area contributed by atoms with Crippen LogP contribution in [0.4, 0.5) is 0 Å². The SMILES string of the molecule is NCCCCCCCCCCCC(=O)N[C@@H](Cc1c[nH]cn1)C(=O)O. The Balaban J connectivity index is 2.06. The Kier molecular flexibility index (Phi) is 11.3.